The SMILES string of the molecule is CCC[CH2][Sn](/[CH]=C/C(=O)[Si](c1ccccc1)(c1ccccc1)c1ccccc1)([CH2]CCC)[CH2]CCC. The molecule has 0 spiro atoms. The predicted molar refractivity (Wildman–Crippen MR) is 163 cm³/mol. The quantitative estimate of drug-likeness (QED) is 0.102. The molecule has 1 nitrogen and oxygen atoms in total. The summed E-state index contributed by atoms with van der Waals surface area (Å²) < 4.78 is 6.71. The molecule has 0 bridgehead atoms. The molecule has 0 aliphatic rings. The Morgan fingerprint density at radius 3 is 1.25 bits per heavy atom. The Hall–Kier alpha value is -1.91. The van der Waals surface area contributed by atoms with Crippen molar-refractivity contribution in [1.82, 2.24) is 0 Å². The average molecular weight is 604 g/mol. The summed E-state index contributed by atoms with van der Waals surface area (Å²) in [5.41, 5.74) is 0. The van der Waals surface area contributed by atoms with Crippen LogP contribution in [0.2, 0.25) is 13.3 Å². The van der Waals surface area contributed by atoms with E-state index in [0.29, 0.717) is 5.41 Å². The second-order valence-electron chi connectivity index (χ2n) is 10.2. The van der Waals surface area contributed by atoms with Crippen molar-refractivity contribution in [3.63, 3.8) is 0 Å². The van der Waals surface area contributed by atoms with Gasteiger partial charge in [0.2, 0.25) is 0 Å². The molecule has 0 N–H and O–H groups in total. The predicted octanol–water partition coefficient (Wildman–Crippen LogP) is 7.21. The van der Waals surface area contributed by atoms with Gasteiger partial charge in [-0.1, -0.05) is 0 Å². The maximum absolute atomic E-state index is 14.7. The van der Waals surface area contributed by atoms with E-state index in [1.165, 1.54) is 67.4 Å². The number of allylic oxidation sites excluding steroid dienone is 1. The van der Waals surface area contributed by atoms with Gasteiger partial charge in [0.05, 0.1) is 0 Å². The number of carbonyl (C=O) groups is 1. The first kappa shape index (κ1) is 28.7. The molecule has 0 atom stereocenters. The second kappa shape index (κ2) is 14.7. The van der Waals surface area contributed by atoms with Crippen LogP contribution in [0.4, 0.5) is 0 Å². The van der Waals surface area contributed by atoms with Crippen LogP contribution >= 0.6 is 0 Å². The molecule has 0 saturated carbocycles. The fraction of sp³-hybridized carbons (Fsp3) is 0.364. The average Bonchev–Trinajstić information content (AvgIpc) is 2.94. The van der Waals surface area contributed by atoms with Crippen molar-refractivity contribution in [3.8, 4) is 0 Å². The first-order valence-electron chi connectivity index (χ1n) is 14.0. The molecule has 0 heterocycles. The molecule has 0 fully saturated rings. The van der Waals surface area contributed by atoms with Crippen LogP contribution < -0.4 is 15.6 Å². The normalized spacial score (nSPS) is 12.2. The summed E-state index contributed by atoms with van der Waals surface area (Å²) in [6, 6.07) is 31.8. The van der Waals surface area contributed by atoms with Crippen LogP contribution in [0, 0.1) is 0 Å². The number of carbonyl (C=O) groups excluding carboxylic acids is 1. The second-order valence-corrected chi connectivity index (χ2v) is 27.0. The molecule has 36 heavy (non-hydrogen) atoms. The van der Waals surface area contributed by atoms with Gasteiger partial charge in [0.25, 0.3) is 0 Å². The Kier molecular flexibility index (Phi) is 11.7. The Labute approximate surface area is 224 Å². The molecule has 0 radical (unpaired) electrons. The molecule has 190 valence electrons. The van der Waals surface area contributed by atoms with Crippen molar-refractivity contribution in [2.24, 2.45) is 0 Å². The minimum atomic E-state index is -2.91. The molecule has 0 aliphatic heterocycles. The van der Waals surface area contributed by atoms with Gasteiger partial charge in [-0.05, 0) is 0 Å². The Morgan fingerprint density at radius 2 is 0.944 bits per heavy atom. The zero-order valence-electron chi connectivity index (χ0n) is 22.6. The third-order valence-electron chi connectivity index (χ3n) is 7.66. The summed E-state index contributed by atoms with van der Waals surface area (Å²) in [6.45, 7) is 6.93. The fourth-order valence-electron chi connectivity index (χ4n) is 5.58. The van der Waals surface area contributed by atoms with Gasteiger partial charge in [-0.2, -0.15) is 0 Å². The van der Waals surface area contributed by atoms with Crippen molar-refractivity contribution in [1.29, 1.82) is 0 Å². The monoisotopic (exact) mass is 604 g/mol. The molecule has 0 amide bonds. The Balaban J connectivity index is 2.19. The molecule has 0 unspecified atom stereocenters. The van der Waals surface area contributed by atoms with Crippen LogP contribution in [-0.4, -0.2) is 31.9 Å². The van der Waals surface area contributed by atoms with E-state index in [-0.39, 0.29) is 0 Å². The third-order valence-corrected chi connectivity index (χ3v) is 26.2. The standard InChI is InChI=1S/C21H17OSi.3C4H9.Sn/c1-2-21(22)23(18-12-6-3-7-13-18,19-14-8-4-9-15-19)20-16-10-5-11-17-20;3*1-3-4-2;/h1-17H;3*1,3-4H2,2H3;. The van der Waals surface area contributed by atoms with Gasteiger partial charge >= 0.3 is 226 Å². The molecule has 0 aromatic heterocycles. The van der Waals surface area contributed by atoms with Crippen LogP contribution in [0.15, 0.2) is 101 Å². The first-order valence-corrected chi connectivity index (χ1v) is 23.7. The van der Waals surface area contributed by atoms with Crippen molar-refractivity contribution >= 4 is 47.4 Å². The van der Waals surface area contributed by atoms with Crippen LogP contribution in [0.1, 0.15) is 59.3 Å². The van der Waals surface area contributed by atoms with Gasteiger partial charge < -0.3 is 0 Å². The zero-order valence-corrected chi connectivity index (χ0v) is 26.4. The molecule has 0 saturated heterocycles. The number of unbranched alkanes of at least 4 members (excludes halogenated alkanes) is 3. The molecule has 3 aromatic rings. The van der Waals surface area contributed by atoms with Gasteiger partial charge in [-0.25, -0.2) is 0 Å². The molecule has 3 aromatic carbocycles. The molecular formula is C33H44OSiSn. The Bertz CT molecular complexity index is 944. The number of rotatable bonds is 15. The summed E-state index contributed by atoms with van der Waals surface area (Å²) in [5, 5.41) is 3.85. The summed E-state index contributed by atoms with van der Waals surface area (Å²) in [7, 11) is -2.91. The van der Waals surface area contributed by atoms with Crippen molar-refractivity contribution in [2.45, 2.75) is 72.6 Å². The first-order chi connectivity index (χ1) is 17.6. The van der Waals surface area contributed by atoms with E-state index in [9.17, 15) is 4.79 Å². The molecular weight excluding hydrogens is 559 g/mol. The van der Waals surface area contributed by atoms with E-state index < -0.39 is 26.5 Å². The molecule has 3 heteroatoms. The van der Waals surface area contributed by atoms with Crippen LogP contribution in [0.5, 0.6) is 0 Å². The fourth-order valence-corrected chi connectivity index (χ4v) is 24.4. The summed E-state index contributed by atoms with van der Waals surface area (Å²) >= 11 is -2.60. The third kappa shape index (κ3) is 6.89. The summed E-state index contributed by atoms with van der Waals surface area (Å²) in [6.07, 6.45) is 9.76. The zero-order chi connectivity index (χ0) is 25.7. The van der Waals surface area contributed by atoms with Gasteiger partial charge in [0.1, 0.15) is 0 Å². The number of benzene rings is 3. The topological polar surface area (TPSA) is 17.1 Å². The maximum atomic E-state index is 14.7. The van der Waals surface area contributed by atoms with Crippen LogP contribution in [-0.2, 0) is 4.79 Å². The number of hydrogen-bond acceptors (Lipinski definition) is 1. The van der Waals surface area contributed by atoms with E-state index >= 15 is 0 Å². The summed E-state index contributed by atoms with van der Waals surface area (Å²) in [5.74, 6) is 0. The van der Waals surface area contributed by atoms with E-state index in [0.717, 1.165) is 0 Å². The van der Waals surface area contributed by atoms with E-state index in [4.69, 9.17) is 0 Å². The van der Waals surface area contributed by atoms with Gasteiger partial charge in [-0.15, -0.1) is 0 Å². The van der Waals surface area contributed by atoms with E-state index in [1.54, 1.807) is 0 Å². The summed E-state index contributed by atoms with van der Waals surface area (Å²) in [4.78, 5) is 14.7. The van der Waals surface area contributed by atoms with Crippen molar-refractivity contribution < 1.29 is 4.79 Å². The van der Waals surface area contributed by atoms with Crippen LogP contribution in [0.3, 0.4) is 0 Å². The minimum absolute atomic E-state index is 0.330. The molecule has 0 aliphatic carbocycles. The van der Waals surface area contributed by atoms with E-state index in [2.05, 4.69) is 122 Å². The number of hydrogen-bond donors (Lipinski definition) is 0. The Morgan fingerprint density at radius 1 is 0.611 bits per heavy atom. The van der Waals surface area contributed by atoms with Gasteiger partial charge in [-0.3, -0.25) is 0 Å². The van der Waals surface area contributed by atoms with Crippen LogP contribution in [0.25, 0.3) is 0 Å². The van der Waals surface area contributed by atoms with Gasteiger partial charge in [0.15, 0.2) is 0 Å². The van der Waals surface area contributed by atoms with Crippen molar-refractivity contribution in [3.05, 3.63) is 101 Å². The van der Waals surface area contributed by atoms with Crippen molar-refractivity contribution in [2.75, 3.05) is 0 Å². The van der Waals surface area contributed by atoms with E-state index in [1.807, 2.05) is 0 Å². The molecule has 3 rings (SSSR count). The van der Waals surface area contributed by atoms with Gasteiger partial charge in [0, 0.05) is 0 Å².